The van der Waals surface area contributed by atoms with Crippen molar-refractivity contribution in [1.29, 1.82) is 0 Å². The minimum atomic E-state index is 0.443. The molecule has 2 nitrogen and oxygen atoms in total. The van der Waals surface area contributed by atoms with Crippen LogP contribution in [0.15, 0.2) is 35.0 Å². The Bertz CT molecular complexity index is 517. The van der Waals surface area contributed by atoms with Crippen LogP contribution in [-0.4, -0.2) is 30.6 Å². The lowest BCUT2D eigenvalue weighted by Gasteiger charge is -2.27. The predicted molar refractivity (Wildman–Crippen MR) is 93.3 cm³/mol. The molecule has 114 valence electrons. The Labute approximate surface area is 135 Å². The van der Waals surface area contributed by atoms with Crippen molar-refractivity contribution in [3.8, 4) is 0 Å². The van der Waals surface area contributed by atoms with Crippen molar-refractivity contribution in [2.75, 3.05) is 13.6 Å². The van der Waals surface area contributed by atoms with Crippen molar-refractivity contribution in [3.63, 3.8) is 0 Å². The third-order valence-corrected chi connectivity index (χ3v) is 6.23. The van der Waals surface area contributed by atoms with Crippen LogP contribution in [-0.2, 0) is 6.42 Å². The van der Waals surface area contributed by atoms with E-state index in [-0.39, 0.29) is 0 Å². The van der Waals surface area contributed by atoms with Crippen molar-refractivity contribution < 1.29 is 0 Å². The van der Waals surface area contributed by atoms with Gasteiger partial charge in [-0.3, -0.25) is 4.90 Å². The Hall–Kier alpha value is -0.680. The van der Waals surface area contributed by atoms with Crippen LogP contribution in [0, 0.1) is 0 Å². The SMILES string of the molecule is CC(CNC(Cc1cccs1)c1cccs1)N(C)C1CC1. The Kier molecular flexibility index (Phi) is 5.11. The second kappa shape index (κ2) is 7.05. The van der Waals surface area contributed by atoms with Crippen molar-refractivity contribution in [2.45, 2.75) is 44.3 Å². The molecule has 0 aromatic carbocycles. The van der Waals surface area contributed by atoms with Gasteiger partial charge in [0, 0.05) is 40.8 Å². The summed E-state index contributed by atoms with van der Waals surface area (Å²) in [6.07, 6.45) is 3.85. The Morgan fingerprint density at radius 1 is 1.24 bits per heavy atom. The van der Waals surface area contributed by atoms with E-state index in [1.807, 2.05) is 22.7 Å². The van der Waals surface area contributed by atoms with E-state index in [0.717, 1.165) is 19.0 Å². The van der Waals surface area contributed by atoms with Gasteiger partial charge in [0.25, 0.3) is 0 Å². The lowest BCUT2D eigenvalue weighted by molar-refractivity contribution is 0.235. The molecule has 21 heavy (non-hydrogen) atoms. The van der Waals surface area contributed by atoms with Crippen molar-refractivity contribution in [2.24, 2.45) is 0 Å². The molecule has 0 aliphatic heterocycles. The first-order chi connectivity index (χ1) is 10.2. The first-order valence-corrected chi connectivity index (χ1v) is 9.51. The van der Waals surface area contributed by atoms with E-state index in [9.17, 15) is 0 Å². The number of rotatable bonds is 8. The summed E-state index contributed by atoms with van der Waals surface area (Å²) >= 11 is 3.72. The first-order valence-electron chi connectivity index (χ1n) is 7.75. The molecule has 2 aromatic heterocycles. The molecule has 0 radical (unpaired) electrons. The summed E-state index contributed by atoms with van der Waals surface area (Å²) < 4.78 is 0. The summed E-state index contributed by atoms with van der Waals surface area (Å²) in [6, 6.07) is 10.7. The zero-order chi connectivity index (χ0) is 14.7. The lowest BCUT2D eigenvalue weighted by Crippen LogP contribution is -2.40. The number of nitrogens with zero attached hydrogens (tertiary/aromatic N) is 1. The van der Waals surface area contributed by atoms with Gasteiger partial charge in [-0.25, -0.2) is 0 Å². The highest BCUT2D eigenvalue weighted by Gasteiger charge is 2.29. The maximum absolute atomic E-state index is 3.80. The first kappa shape index (κ1) is 15.2. The molecule has 2 heterocycles. The molecule has 0 spiro atoms. The zero-order valence-corrected chi connectivity index (χ0v) is 14.4. The van der Waals surface area contributed by atoms with Gasteiger partial charge in [-0.1, -0.05) is 12.1 Å². The van der Waals surface area contributed by atoms with E-state index in [2.05, 4.69) is 59.2 Å². The predicted octanol–water partition coefficient (Wildman–Crippen LogP) is 4.17. The topological polar surface area (TPSA) is 15.3 Å². The summed E-state index contributed by atoms with van der Waals surface area (Å²) in [5.74, 6) is 0. The van der Waals surface area contributed by atoms with E-state index < -0.39 is 0 Å². The van der Waals surface area contributed by atoms with Gasteiger partial charge in [0.1, 0.15) is 0 Å². The van der Waals surface area contributed by atoms with Gasteiger partial charge in [0.15, 0.2) is 0 Å². The number of hydrogen-bond donors (Lipinski definition) is 1. The van der Waals surface area contributed by atoms with Crippen LogP contribution in [0.3, 0.4) is 0 Å². The zero-order valence-electron chi connectivity index (χ0n) is 12.8. The average molecular weight is 321 g/mol. The molecular weight excluding hydrogens is 296 g/mol. The minimum Gasteiger partial charge on any atom is -0.307 e. The summed E-state index contributed by atoms with van der Waals surface area (Å²) in [5, 5.41) is 8.15. The van der Waals surface area contributed by atoms with Gasteiger partial charge in [0.05, 0.1) is 0 Å². The summed E-state index contributed by atoms with van der Waals surface area (Å²) in [5.41, 5.74) is 0. The van der Waals surface area contributed by atoms with Crippen LogP contribution in [0.5, 0.6) is 0 Å². The maximum atomic E-state index is 3.80. The van der Waals surface area contributed by atoms with E-state index >= 15 is 0 Å². The number of likely N-dealkylation sites (N-methyl/N-ethyl adjacent to an activating group) is 1. The summed E-state index contributed by atoms with van der Waals surface area (Å²) in [6.45, 7) is 3.39. The molecule has 1 N–H and O–H groups in total. The lowest BCUT2D eigenvalue weighted by atomic mass is 10.1. The summed E-state index contributed by atoms with van der Waals surface area (Å²) in [7, 11) is 2.27. The van der Waals surface area contributed by atoms with Gasteiger partial charge in [-0.05, 0) is 49.7 Å². The normalized spacial score (nSPS) is 18.0. The number of thiophene rings is 2. The average Bonchev–Trinajstić information content (AvgIpc) is 2.98. The Balaban J connectivity index is 1.59. The molecule has 1 saturated carbocycles. The fourth-order valence-electron chi connectivity index (χ4n) is 2.69. The van der Waals surface area contributed by atoms with Crippen molar-refractivity contribution in [1.82, 2.24) is 10.2 Å². The highest BCUT2D eigenvalue weighted by atomic mass is 32.1. The molecule has 2 unspecified atom stereocenters. The van der Waals surface area contributed by atoms with Gasteiger partial charge < -0.3 is 5.32 Å². The van der Waals surface area contributed by atoms with Crippen molar-refractivity contribution >= 4 is 22.7 Å². The van der Waals surface area contributed by atoms with Crippen molar-refractivity contribution in [3.05, 3.63) is 44.8 Å². The minimum absolute atomic E-state index is 0.443. The quantitative estimate of drug-likeness (QED) is 0.785. The standard InChI is InChI=1S/C17H24N2S2/c1-13(19(2)14-7-8-14)12-18-16(17-6-4-10-21-17)11-15-5-3-9-20-15/h3-6,9-10,13-14,16,18H,7-8,11-12H2,1-2H3. The molecule has 3 rings (SSSR count). The van der Waals surface area contributed by atoms with Crippen LogP contribution in [0.4, 0.5) is 0 Å². The van der Waals surface area contributed by atoms with Crippen LogP contribution in [0.2, 0.25) is 0 Å². The highest BCUT2D eigenvalue weighted by molar-refractivity contribution is 7.10. The highest BCUT2D eigenvalue weighted by Crippen LogP contribution is 2.28. The molecule has 1 fully saturated rings. The molecule has 0 bridgehead atoms. The van der Waals surface area contributed by atoms with Crippen LogP contribution < -0.4 is 5.32 Å². The smallest absolute Gasteiger partial charge is 0.0464 e. The molecule has 1 aliphatic rings. The maximum Gasteiger partial charge on any atom is 0.0464 e. The van der Waals surface area contributed by atoms with E-state index in [1.165, 1.54) is 22.6 Å². The molecule has 4 heteroatoms. The molecule has 2 atom stereocenters. The second-order valence-corrected chi connectivity index (χ2v) is 8.02. The van der Waals surface area contributed by atoms with Gasteiger partial charge in [-0.15, -0.1) is 22.7 Å². The molecular formula is C17H24N2S2. The number of nitrogens with one attached hydrogen (secondary N) is 1. The van der Waals surface area contributed by atoms with E-state index in [4.69, 9.17) is 0 Å². The largest absolute Gasteiger partial charge is 0.307 e. The Morgan fingerprint density at radius 3 is 2.62 bits per heavy atom. The van der Waals surface area contributed by atoms with Crippen LogP contribution >= 0.6 is 22.7 Å². The molecule has 0 amide bonds. The Morgan fingerprint density at radius 2 is 2.00 bits per heavy atom. The monoisotopic (exact) mass is 320 g/mol. The van der Waals surface area contributed by atoms with E-state index in [0.29, 0.717) is 12.1 Å². The third kappa shape index (κ3) is 4.16. The second-order valence-electron chi connectivity index (χ2n) is 6.01. The molecule has 1 aliphatic carbocycles. The van der Waals surface area contributed by atoms with Gasteiger partial charge in [-0.2, -0.15) is 0 Å². The fourth-order valence-corrected chi connectivity index (χ4v) is 4.25. The van der Waals surface area contributed by atoms with E-state index in [1.54, 1.807) is 0 Å². The van der Waals surface area contributed by atoms with Gasteiger partial charge in [0.2, 0.25) is 0 Å². The van der Waals surface area contributed by atoms with Crippen LogP contribution in [0.25, 0.3) is 0 Å². The molecule has 2 aromatic rings. The number of hydrogen-bond acceptors (Lipinski definition) is 4. The third-order valence-electron chi connectivity index (χ3n) is 4.35. The molecule has 0 saturated heterocycles. The van der Waals surface area contributed by atoms with Gasteiger partial charge >= 0.3 is 0 Å². The summed E-state index contributed by atoms with van der Waals surface area (Å²) in [4.78, 5) is 5.44. The van der Waals surface area contributed by atoms with Crippen LogP contribution in [0.1, 0.15) is 35.6 Å². The fraction of sp³-hybridized carbons (Fsp3) is 0.529.